The molecule has 0 spiro atoms. The summed E-state index contributed by atoms with van der Waals surface area (Å²) >= 11 is 9.35. The lowest BCUT2D eigenvalue weighted by molar-refractivity contribution is -0.0573. The Morgan fingerprint density at radius 2 is 1.71 bits per heavy atom. The fourth-order valence-electron chi connectivity index (χ4n) is 1.66. The Labute approximate surface area is 137 Å². The van der Waals surface area contributed by atoms with Gasteiger partial charge in [0.1, 0.15) is 18.3 Å². The first-order chi connectivity index (χ1) is 10.2. The molecule has 0 aromatic heterocycles. The van der Waals surface area contributed by atoms with E-state index in [1.165, 1.54) is 0 Å². The average Bonchev–Trinajstić information content (AvgIpc) is 2.49. The molecule has 0 saturated carbocycles. The molecule has 0 aliphatic carbocycles. The van der Waals surface area contributed by atoms with E-state index in [1.54, 1.807) is 12.1 Å². The Morgan fingerprint density at radius 1 is 1.00 bits per heavy atom. The zero-order valence-electron chi connectivity index (χ0n) is 11.6. The number of ether oxygens (including phenoxy) is 3. The molecule has 0 aliphatic rings. The molecule has 0 saturated heterocycles. The van der Waals surface area contributed by atoms with Crippen molar-refractivity contribution in [1.82, 2.24) is 0 Å². The van der Waals surface area contributed by atoms with Crippen LogP contribution in [0, 0.1) is 0 Å². The van der Waals surface area contributed by atoms with E-state index in [9.17, 15) is 0 Å². The molecule has 0 fully saturated rings. The van der Waals surface area contributed by atoms with Crippen LogP contribution in [0.3, 0.4) is 0 Å². The highest BCUT2D eigenvalue weighted by molar-refractivity contribution is 9.10. The van der Waals surface area contributed by atoms with Gasteiger partial charge in [0, 0.05) is 16.1 Å². The van der Waals surface area contributed by atoms with Crippen molar-refractivity contribution < 1.29 is 14.2 Å². The first-order valence-electron chi connectivity index (χ1n) is 6.56. The van der Waals surface area contributed by atoms with Gasteiger partial charge in [0.25, 0.3) is 0 Å². The number of halogens is 2. The van der Waals surface area contributed by atoms with Crippen molar-refractivity contribution in [1.29, 1.82) is 0 Å². The topological polar surface area (TPSA) is 27.7 Å². The minimum absolute atomic E-state index is 0.283. The van der Waals surface area contributed by atoms with E-state index in [-0.39, 0.29) is 6.79 Å². The third kappa shape index (κ3) is 5.32. The van der Waals surface area contributed by atoms with Gasteiger partial charge in [0.2, 0.25) is 0 Å². The van der Waals surface area contributed by atoms with Crippen molar-refractivity contribution >= 4 is 27.5 Å². The second-order valence-corrected chi connectivity index (χ2v) is 5.56. The van der Waals surface area contributed by atoms with Crippen LogP contribution < -0.4 is 4.74 Å². The third-order valence-electron chi connectivity index (χ3n) is 2.69. The molecule has 0 amide bonds. The van der Waals surface area contributed by atoms with E-state index in [0.29, 0.717) is 18.2 Å². The summed E-state index contributed by atoms with van der Waals surface area (Å²) in [7, 11) is 0. The summed E-state index contributed by atoms with van der Waals surface area (Å²) in [5, 5.41) is 0.683. The SMILES string of the molecule is CCOCOCc1cc(Oc2ccc(Cl)cc2)ccc1Br. The zero-order valence-corrected chi connectivity index (χ0v) is 14.0. The van der Waals surface area contributed by atoms with Crippen LogP contribution >= 0.6 is 27.5 Å². The Kier molecular flexibility index (Phi) is 6.51. The lowest BCUT2D eigenvalue weighted by Gasteiger charge is -2.10. The van der Waals surface area contributed by atoms with Crippen molar-refractivity contribution in [2.24, 2.45) is 0 Å². The second kappa shape index (κ2) is 8.39. The predicted octanol–water partition coefficient (Wildman–Crippen LogP) is 5.41. The highest BCUT2D eigenvalue weighted by Gasteiger charge is 2.04. The van der Waals surface area contributed by atoms with Crippen molar-refractivity contribution in [2.45, 2.75) is 13.5 Å². The number of hydrogen-bond donors (Lipinski definition) is 0. The van der Waals surface area contributed by atoms with Crippen molar-refractivity contribution in [3.05, 3.63) is 57.5 Å². The van der Waals surface area contributed by atoms with Crippen LogP contribution in [-0.2, 0) is 16.1 Å². The average molecular weight is 372 g/mol. The molecule has 0 radical (unpaired) electrons. The molecule has 0 unspecified atom stereocenters. The molecule has 0 N–H and O–H groups in total. The van der Waals surface area contributed by atoms with E-state index in [4.69, 9.17) is 25.8 Å². The number of benzene rings is 2. The molecule has 0 bridgehead atoms. The van der Waals surface area contributed by atoms with E-state index in [2.05, 4.69) is 15.9 Å². The van der Waals surface area contributed by atoms with Gasteiger partial charge in [0.05, 0.1) is 6.61 Å². The highest BCUT2D eigenvalue weighted by atomic mass is 79.9. The molecular formula is C16H16BrClO3. The van der Waals surface area contributed by atoms with Crippen LogP contribution in [0.2, 0.25) is 5.02 Å². The predicted molar refractivity (Wildman–Crippen MR) is 87.0 cm³/mol. The Morgan fingerprint density at radius 3 is 2.43 bits per heavy atom. The van der Waals surface area contributed by atoms with E-state index in [1.807, 2.05) is 37.3 Å². The first kappa shape index (κ1) is 16.3. The number of rotatable bonds is 7. The van der Waals surface area contributed by atoms with E-state index >= 15 is 0 Å². The van der Waals surface area contributed by atoms with Gasteiger partial charge in [-0.3, -0.25) is 0 Å². The Hall–Kier alpha value is -1.07. The van der Waals surface area contributed by atoms with E-state index < -0.39 is 0 Å². The normalized spacial score (nSPS) is 10.6. The fourth-order valence-corrected chi connectivity index (χ4v) is 2.14. The second-order valence-electron chi connectivity index (χ2n) is 4.27. The largest absolute Gasteiger partial charge is 0.457 e. The van der Waals surface area contributed by atoms with Gasteiger partial charge < -0.3 is 14.2 Å². The maximum atomic E-state index is 5.85. The summed E-state index contributed by atoms with van der Waals surface area (Å²) in [6.45, 7) is 3.31. The summed E-state index contributed by atoms with van der Waals surface area (Å²) < 4.78 is 17.4. The maximum absolute atomic E-state index is 5.85. The van der Waals surface area contributed by atoms with Crippen LogP contribution in [0.25, 0.3) is 0 Å². The summed E-state index contributed by atoms with van der Waals surface area (Å²) in [6.07, 6.45) is 0. The number of hydrogen-bond acceptors (Lipinski definition) is 3. The van der Waals surface area contributed by atoms with Crippen LogP contribution in [0.15, 0.2) is 46.9 Å². The molecular weight excluding hydrogens is 356 g/mol. The molecule has 21 heavy (non-hydrogen) atoms. The molecule has 0 aliphatic heterocycles. The summed E-state index contributed by atoms with van der Waals surface area (Å²) in [5.74, 6) is 1.48. The van der Waals surface area contributed by atoms with Crippen molar-refractivity contribution in [3.8, 4) is 11.5 Å². The maximum Gasteiger partial charge on any atom is 0.147 e. The van der Waals surface area contributed by atoms with Crippen LogP contribution in [0.1, 0.15) is 12.5 Å². The summed E-state index contributed by atoms with van der Waals surface area (Å²) in [4.78, 5) is 0. The van der Waals surface area contributed by atoms with Gasteiger partial charge in [-0.2, -0.15) is 0 Å². The van der Waals surface area contributed by atoms with Gasteiger partial charge in [-0.05, 0) is 55.0 Å². The summed E-state index contributed by atoms with van der Waals surface area (Å²) in [5.41, 5.74) is 1.00. The van der Waals surface area contributed by atoms with Gasteiger partial charge in [-0.1, -0.05) is 27.5 Å². The van der Waals surface area contributed by atoms with Crippen LogP contribution in [-0.4, -0.2) is 13.4 Å². The highest BCUT2D eigenvalue weighted by Crippen LogP contribution is 2.27. The van der Waals surface area contributed by atoms with Gasteiger partial charge in [0.15, 0.2) is 0 Å². The van der Waals surface area contributed by atoms with Crippen LogP contribution in [0.4, 0.5) is 0 Å². The molecule has 2 aromatic carbocycles. The molecule has 2 aromatic rings. The van der Waals surface area contributed by atoms with Crippen molar-refractivity contribution in [2.75, 3.05) is 13.4 Å². The fraction of sp³-hybridized carbons (Fsp3) is 0.250. The monoisotopic (exact) mass is 370 g/mol. The first-order valence-corrected chi connectivity index (χ1v) is 7.73. The molecule has 2 rings (SSSR count). The van der Waals surface area contributed by atoms with Crippen molar-refractivity contribution in [3.63, 3.8) is 0 Å². The standard InChI is InChI=1S/C16H16BrClO3/c1-2-19-11-20-10-12-9-15(7-8-16(12)17)21-14-5-3-13(18)4-6-14/h3-9H,2,10-11H2,1H3. The quantitative estimate of drug-likeness (QED) is 0.481. The molecule has 0 atom stereocenters. The lowest BCUT2D eigenvalue weighted by atomic mass is 10.2. The molecule has 112 valence electrons. The minimum atomic E-state index is 0.283. The molecule has 0 heterocycles. The smallest absolute Gasteiger partial charge is 0.147 e. The summed E-state index contributed by atoms with van der Waals surface area (Å²) in [6, 6.07) is 13.0. The Bertz CT molecular complexity index is 572. The van der Waals surface area contributed by atoms with Crippen LogP contribution in [0.5, 0.6) is 11.5 Å². The van der Waals surface area contributed by atoms with Gasteiger partial charge in [-0.15, -0.1) is 0 Å². The van der Waals surface area contributed by atoms with Gasteiger partial charge >= 0.3 is 0 Å². The molecule has 5 heteroatoms. The zero-order chi connectivity index (χ0) is 15.1. The van der Waals surface area contributed by atoms with Gasteiger partial charge in [-0.25, -0.2) is 0 Å². The lowest BCUT2D eigenvalue weighted by Crippen LogP contribution is -2.00. The molecule has 3 nitrogen and oxygen atoms in total. The Balaban J connectivity index is 2.01. The van der Waals surface area contributed by atoms with E-state index in [0.717, 1.165) is 21.5 Å². The third-order valence-corrected chi connectivity index (χ3v) is 3.72. The minimum Gasteiger partial charge on any atom is -0.457 e.